The van der Waals surface area contributed by atoms with E-state index in [2.05, 4.69) is 0 Å². The van der Waals surface area contributed by atoms with Gasteiger partial charge in [0, 0.05) is 26.0 Å². The van der Waals surface area contributed by atoms with Crippen molar-refractivity contribution < 1.29 is 9.53 Å². The van der Waals surface area contributed by atoms with Gasteiger partial charge in [-0.3, -0.25) is 0 Å². The van der Waals surface area contributed by atoms with Crippen molar-refractivity contribution in [1.82, 2.24) is 0 Å². The van der Waals surface area contributed by atoms with Crippen molar-refractivity contribution in [3.63, 3.8) is 0 Å². The Morgan fingerprint density at radius 1 is 1.27 bits per heavy atom. The summed E-state index contributed by atoms with van der Waals surface area (Å²) in [6, 6.07) is 5.16. The van der Waals surface area contributed by atoms with Gasteiger partial charge in [-0.05, 0) is 39.8 Å². The van der Waals surface area contributed by atoms with Gasteiger partial charge >= 0.3 is 5.97 Å². The zero-order chi connectivity index (χ0) is 16.7. The first kappa shape index (κ1) is 17.1. The Morgan fingerprint density at radius 2 is 1.91 bits per heavy atom. The molecule has 0 fully saturated rings. The molecule has 0 unspecified atom stereocenters. The van der Waals surface area contributed by atoms with Crippen LogP contribution in [0.5, 0.6) is 0 Å². The van der Waals surface area contributed by atoms with E-state index < -0.39 is 11.6 Å². The van der Waals surface area contributed by atoms with Crippen LogP contribution in [0.3, 0.4) is 0 Å². The molecule has 3 nitrogen and oxygen atoms in total. The summed E-state index contributed by atoms with van der Waals surface area (Å²) in [5.74, 6) is -0.449. The predicted molar refractivity (Wildman–Crippen MR) is 94.1 cm³/mol. The highest BCUT2D eigenvalue weighted by molar-refractivity contribution is 7.16. The minimum absolute atomic E-state index is 0.363. The number of hydrogen-bond acceptors (Lipinski definition) is 4. The number of aryl methyl sites for hydroxylation is 1. The fraction of sp³-hybridized carbons (Fsp3) is 0.312. The number of ether oxygens (including phenoxy) is 1. The third-order valence-corrected chi connectivity index (χ3v) is 4.40. The van der Waals surface area contributed by atoms with E-state index in [1.54, 1.807) is 18.2 Å². The van der Waals surface area contributed by atoms with Gasteiger partial charge in [-0.25, -0.2) is 4.79 Å². The van der Waals surface area contributed by atoms with Crippen LogP contribution in [0.4, 0.5) is 5.00 Å². The summed E-state index contributed by atoms with van der Waals surface area (Å²) in [7, 11) is 0. The zero-order valence-electron chi connectivity index (χ0n) is 12.8. The van der Waals surface area contributed by atoms with Crippen molar-refractivity contribution in [2.75, 3.05) is 5.73 Å². The van der Waals surface area contributed by atoms with Gasteiger partial charge in [-0.2, -0.15) is 0 Å². The lowest BCUT2D eigenvalue weighted by Gasteiger charge is -2.20. The van der Waals surface area contributed by atoms with Crippen molar-refractivity contribution in [3.8, 4) is 11.1 Å². The van der Waals surface area contributed by atoms with Crippen LogP contribution in [-0.2, 0) is 4.74 Å². The highest BCUT2D eigenvalue weighted by atomic mass is 35.5. The van der Waals surface area contributed by atoms with Crippen LogP contribution in [-0.4, -0.2) is 11.6 Å². The monoisotopic (exact) mass is 357 g/mol. The lowest BCUT2D eigenvalue weighted by Crippen LogP contribution is -2.24. The van der Waals surface area contributed by atoms with Gasteiger partial charge in [-0.1, -0.05) is 29.3 Å². The summed E-state index contributed by atoms with van der Waals surface area (Å²) in [4.78, 5) is 13.4. The Labute approximate surface area is 144 Å². The number of nitrogens with two attached hydrogens (primary N) is 1. The number of carbonyl (C=O) groups excluding carboxylic acids is 1. The zero-order valence-corrected chi connectivity index (χ0v) is 15.1. The SMILES string of the molecule is Cc1sc(N)c(C(=O)OC(C)(C)C)c1-c1ccc(Cl)cc1Cl. The highest BCUT2D eigenvalue weighted by Gasteiger charge is 2.27. The van der Waals surface area contributed by atoms with Crippen molar-refractivity contribution in [3.05, 3.63) is 38.7 Å². The molecule has 1 heterocycles. The second-order valence-electron chi connectivity index (χ2n) is 5.90. The molecule has 2 rings (SSSR count). The molecule has 0 saturated carbocycles. The van der Waals surface area contributed by atoms with Crippen LogP contribution in [0.1, 0.15) is 36.0 Å². The maximum absolute atomic E-state index is 12.5. The molecule has 0 bridgehead atoms. The van der Waals surface area contributed by atoms with Gasteiger partial charge in [0.1, 0.15) is 16.2 Å². The van der Waals surface area contributed by atoms with Crippen LogP contribution in [0.15, 0.2) is 18.2 Å². The van der Waals surface area contributed by atoms with Crippen LogP contribution in [0.2, 0.25) is 10.0 Å². The molecule has 22 heavy (non-hydrogen) atoms. The Morgan fingerprint density at radius 3 is 2.45 bits per heavy atom. The summed E-state index contributed by atoms with van der Waals surface area (Å²) in [6.07, 6.45) is 0. The van der Waals surface area contributed by atoms with Gasteiger partial charge in [0.05, 0.1) is 0 Å². The molecule has 0 aliphatic rings. The first-order chi connectivity index (χ1) is 10.1. The average molecular weight is 358 g/mol. The molecule has 1 aromatic carbocycles. The number of carbonyl (C=O) groups is 1. The minimum Gasteiger partial charge on any atom is -0.456 e. The Kier molecular flexibility index (Phi) is 4.76. The molecule has 0 aliphatic carbocycles. The summed E-state index contributed by atoms with van der Waals surface area (Å²) < 4.78 is 5.46. The van der Waals surface area contributed by atoms with Crippen molar-refractivity contribution >= 4 is 45.5 Å². The molecule has 1 aromatic heterocycles. The number of benzene rings is 1. The van der Waals surface area contributed by atoms with Crippen molar-refractivity contribution in [2.24, 2.45) is 0 Å². The fourth-order valence-corrected chi connectivity index (χ4v) is 3.55. The summed E-state index contributed by atoms with van der Waals surface area (Å²) in [6.45, 7) is 7.34. The number of rotatable bonds is 2. The number of nitrogen functional groups attached to an aromatic ring is 1. The normalized spacial score (nSPS) is 11.5. The summed E-state index contributed by atoms with van der Waals surface area (Å²) in [5, 5.41) is 1.43. The lowest BCUT2D eigenvalue weighted by molar-refractivity contribution is 0.00721. The van der Waals surface area contributed by atoms with Crippen LogP contribution >= 0.6 is 34.5 Å². The van der Waals surface area contributed by atoms with Gasteiger partial charge in [-0.15, -0.1) is 11.3 Å². The molecule has 0 radical (unpaired) electrons. The Hall–Kier alpha value is -1.23. The first-order valence-corrected chi connectivity index (χ1v) is 8.25. The van der Waals surface area contributed by atoms with Gasteiger partial charge in [0.15, 0.2) is 0 Å². The maximum Gasteiger partial charge on any atom is 0.342 e. The molecule has 0 saturated heterocycles. The number of halogens is 2. The van der Waals surface area contributed by atoms with E-state index in [1.165, 1.54) is 11.3 Å². The van der Waals surface area contributed by atoms with Crippen molar-refractivity contribution in [1.29, 1.82) is 0 Å². The number of thiophene rings is 1. The second kappa shape index (κ2) is 6.11. The smallest absolute Gasteiger partial charge is 0.342 e. The standard InChI is InChI=1S/C16H17Cl2NO2S/c1-8-12(10-6-5-9(17)7-11(10)18)13(14(19)22-8)15(20)21-16(2,3)4/h5-7H,19H2,1-4H3. The largest absolute Gasteiger partial charge is 0.456 e. The van der Waals surface area contributed by atoms with Crippen LogP contribution in [0.25, 0.3) is 11.1 Å². The quantitative estimate of drug-likeness (QED) is 0.714. The van der Waals surface area contributed by atoms with E-state index >= 15 is 0 Å². The molecular weight excluding hydrogens is 341 g/mol. The number of esters is 1. The molecule has 118 valence electrons. The van der Waals surface area contributed by atoms with E-state index in [0.717, 1.165) is 10.4 Å². The molecule has 6 heteroatoms. The third-order valence-electron chi connectivity index (χ3n) is 2.91. The van der Waals surface area contributed by atoms with Gasteiger partial charge < -0.3 is 10.5 Å². The Bertz CT molecular complexity index is 732. The maximum atomic E-state index is 12.5. The highest BCUT2D eigenvalue weighted by Crippen LogP contribution is 2.42. The lowest BCUT2D eigenvalue weighted by atomic mass is 10.0. The number of anilines is 1. The van der Waals surface area contributed by atoms with E-state index in [0.29, 0.717) is 26.2 Å². The molecular formula is C16H17Cl2NO2S. The van der Waals surface area contributed by atoms with E-state index in [9.17, 15) is 4.79 Å². The van der Waals surface area contributed by atoms with E-state index in [4.69, 9.17) is 33.7 Å². The van der Waals surface area contributed by atoms with Crippen LogP contribution < -0.4 is 5.73 Å². The molecule has 2 N–H and O–H groups in total. The summed E-state index contributed by atoms with van der Waals surface area (Å²) in [5.41, 5.74) is 7.22. The minimum atomic E-state index is -0.597. The molecule has 2 aromatic rings. The van der Waals surface area contributed by atoms with Gasteiger partial charge in [0.2, 0.25) is 0 Å². The topological polar surface area (TPSA) is 52.3 Å². The fourth-order valence-electron chi connectivity index (χ4n) is 2.11. The van der Waals surface area contributed by atoms with Gasteiger partial charge in [0.25, 0.3) is 0 Å². The molecule has 0 atom stereocenters. The summed E-state index contributed by atoms with van der Waals surface area (Å²) >= 11 is 13.6. The molecule has 0 aliphatic heterocycles. The first-order valence-electron chi connectivity index (χ1n) is 6.68. The van der Waals surface area contributed by atoms with E-state index in [1.807, 2.05) is 27.7 Å². The van der Waals surface area contributed by atoms with E-state index in [-0.39, 0.29) is 0 Å². The van der Waals surface area contributed by atoms with Crippen LogP contribution in [0, 0.1) is 6.92 Å². The predicted octanol–water partition coefficient (Wildman–Crippen LogP) is 5.57. The second-order valence-corrected chi connectivity index (χ2v) is 8.00. The third kappa shape index (κ3) is 3.57. The molecule has 0 amide bonds. The number of hydrogen-bond donors (Lipinski definition) is 1. The average Bonchev–Trinajstić information content (AvgIpc) is 2.62. The van der Waals surface area contributed by atoms with Crippen molar-refractivity contribution in [2.45, 2.75) is 33.3 Å². The molecule has 0 spiro atoms. The Balaban J connectivity index is 2.60.